The third kappa shape index (κ3) is 4.80. The van der Waals surface area contributed by atoms with Gasteiger partial charge in [0.2, 0.25) is 0 Å². The van der Waals surface area contributed by atoms with Crippen LogP contribution in [0, 0.1) is 10.1 Å². The van der Waals surface area contributed by atoms with Crippen molar-refractivity contribution >= 4 is 54.2 Å². The molecule has 0 fully saturated rings. The molecule has 1 aromatic heterocycles. The minimum Gasteiger partial charge on any atom is -0.302 e. The predicted octanol–water partition coefficient (Wildman–Crippen LogP) is 4.96. The Hall–Kier alpha value is -2.36. The quantitative estimate of drug-likeness (QED) is 0.339. The van der Waals surface area contributed by atoms with Crippen LogP contribution >= 0.6 is 27.3 Å². The Labute approximate surface area is 181 Å². The Bertz CT molecular complexity index is 1040. The number of thiazole rings is 1. The van der Waals surface area contributed by atoms with Crippen molar-refractivity contribution in [3.8, 4) is 0 Å². The predicted molar refractivity (Wildman–Crippen MR) is 120 cm³/mol. The molecule has 0 aliphatic carbocycles. The Kier molecular flexibility index (Phi) is 6.94. The highest BCUT2D eigenvalue weighted by molar-refractivity contribution is 9.10. The van der Waals surface area contributed by atoms with E-state index < -0.39 is 10.8 Å². The van der Waals surface area contributed by atoms with E-state index in [9.17, 15) is 14.9 Å². The fourth-order valence-corrected chi connectivity index (χ4v) is 4.57. The molecule has 29 heavy (non-hydrogen) atoms. The third-order valence-corrected chi connectivity index (χ3v) is 6.22. The fraction of sp³-hybridized carbons (Fsp3) is 0.300. The second-order valence-electron chi connectivity index (χ2n) is 6.37. The van der Waals surface area contributed by atoms with Crippen molar-refractivity contribution in [2.24, 2.45) is 0 Å². The highest BCUT2D eigenvalue weighted by Crippen LogP contribution is 2.32. The molecule has 3 rings (SSSR count). The average molecular weight is 477 g/mol. The van der Waals surface area contributed by atoms with Crippen LogP contribution in [0.15, 0.2) is 46.9 Å². The van der Waals surface area contributed by atoms with E-state index in [2.05, 4.69) is 39.7 Å². The first-order valence-electron chi connectivity index (χ1n) is 9.28. The number of benzene rings is 2. The van der Waals surface area contributed by atoms with E-state index in [1.807, 2.05) is 18.2 Å². The Morgan fingerprint density at radius 2 is 1.90 bits per heavy atom. The maximum absolute atomic E-state index is 13.4. The smallest absolute Gasteiger partial charge is 0.282 e. The molecule has 0 radical (unpaired) electrons. The number of likely N-dealkylation sites (N-methyl/N-ethyl adjacent to an activating group) is 1. The van der Waals surface area contributed by atoms with E-state index in [-0.39, 0.29) is 11.3 Å². The van der Waals surface area contributed by atoms with Crippen LogP contribution in [0.1, 0.15) is 24.2 Å². The lowest BCUT2D eigenvalue weighted by molar-refractivity contribution is -0.385. The first kappa shape index (κ1) is 21.4. The van der Waals surface area contributed by atoms with Gasteiger partial charge in [-0.3, -0.25) is 19.8 Å². The number of nitro groups is 1. The van der Waals surface area contributed by atoms with Gasteiger partial charge in [0.25, 0.3) is 11.6 Å². The Balaban J connectivity index is 2.02. The molecular formula is C20H21BrN4O3S. The lowest BCUT2D eigenvalue weighted by atomic mass is 10.1. The minimum atomic E-state index is -0.523. The number of carbonyl (C=O) groups excluding carboxylic acids is 1. The highest BCUT2D eigenvalue weighted by atomic mass is 79.9. The normalized spacial score (nSPS) is 11.2. The summed E-state index contributed by atoms with van der Waals surface area (Å²) in [5, 5.41) is 12.0. The zero-order chi connectivity index (χ0) is 21.0. The number of hydrogen-bond donors (Lipinski definition) is 0. The summed E-state index contributed by atoms with van der Waals surface area (Å²) in [5.74, 6) is -0.414. The second kappa shape index (κ2) is 9.43. The van der Waals surface area contributed by atoms with Crippen molar-refractivity contribution in [2.75, 3.05) is 31.1 Å². The SMILES string of the molecule is CCN(CC)CCN(C(=O)c1ccccc1[N+](=O)[O-])c1nc2ccc(Br)cc2s1. The van der Waals surface area contributed by atoms with E-state index in [1.54, 1.807) is 17.0 Å². The van der Waals surface area contributed by atoms with Crippen LogP contribution < -0.4 is 4.90 Å². The molecule has 2 aromatic carbocycles. The van der Waals surface area contributed by atoms with Crippen molar-refractivity contribution in [1.29, 1.82) is 0 Å². The molecule has 0 atom stereocenters. The number of anilines is 1. The standard InChI is InChI=1S/C20H21BrN4O3S/c1-3-23(4-2)11-12-24(19(26)15-7-5-6-8-17(15)25(27)28)20-22-16-10-9-14(21)13-18(16)29-20/h5-10,13H,3-4,11-12H2,1-2H3. The highest BCUT2D eigenvalue weighted by Gasteiger charge is 2.27. The van der Waals surface area contributed by atoms with Crippen molar-refractivity contribution in [3.05, 3.63) is 62.6 Å². The largest absolute Gasteiger partial charge is 0.302 e. The lowest BCUT2D eigenvalue weighted by Gasteiger charge is -2.24. The molecule has 1 heterocycles. The van der Waals surface area contributed by atoms with Crippen LogP contribution in [-0.2, 0) is 0 Å². The summed E-state index contributed by atoms with van der Waals surface area (Å²) in [6.07, 6.45) is 0. The van der Waals surface area contributed by atoms with E-state index in [1.165, 1.54) is 23.5 Å². The number of carbonyl (C=O) groups is 1. The molecule has 0 aliphatic heterocycles. The van der Waals surface area contributed by atoms with Gasteiger partial charge in [0.1, 0.15) is 5.56 Å². The molecule has 7 nitrogen and oxygen atoms in total. The Morgan fingerprint density at radius 3 is 2.59 bits per heavy atom. The molecule has 152 valence electrons. The van der Waals surface area contributed by atoms with E-state index in [0.717, 1.165) is 27.8 Å². The van der Waals surface area contributed by atoms with Crippen LogP contribution in [0.3, 0.4) is 0 Å². The van der Waals surface area contributed by atoms with E-state index >= 15 is 0 Å². The first-order valence-corrected chi connectivity index (χ1v) is 10.9. The molecule has 9 heteroatoms. The number of nitrogens with zero attached hydrogens (tertiary/aromatic N) is 4. The zero-order valence-corrected chi connectivity index (χ0v) is 18.6. The number of aromatic nitrogens is 1. The third-order valence-electron chi connectivity index (χ3n) is 4.68. The van der Waals surface area contributed by atoms with Crippen molar-refractivity contribution in [3.63, 3.8) is 0 Å². The maximum atomic E-state index is 13.4. The molecule has 0 bridgehead atoms. The summed E-state index contributed by atoms with van der Waals surface area (Å²) < 4.78 is 1.87. The number of para-hydroxylation sites is 1. The molecule has 0 spiro atoms. The number of amides is 1. The minimum absolute atomic E-state index is 0.0671. The number of fused-ring (bicyclic) bond motifs is 1. The van der Waals surface area contributed by atoms with Gasteiger partial charge in [0.15, 0.2) is 5.13 Å². The molecule has 0 unspecified atom stereocenters. The molecular weight excluding hydrogens is 456 g/mol. The number of nitro benzene ring substituents is 1. The molecule has 0 aliphatic rings. The summed E-state index contributed by atoms with van der Waals surface area (Å²) in [4.78, 5) is 32.6. The van der Waals surface area contributed by atoms with Gasteiger partial charge in [-0.2, -0.15) is 0 Å². The van der Waals surface area contributed by atoms with Gasteiger partial charge in [-0.1, -0.05) is 53.2 Å². The molecule has 0 saturated heterocycles. The summed E-state index contributed by atoms with van der Waals surface area (Å²) in [5.41, 5.74) is 0.656. The number of hydrogen-bond acceptors (Lipinski definition) is 6. The summed E-state index contributed by atoms with van der Waals surface area (Å²) in [7, 11) is 0. The van der Waals surface area contributed by atoms with Gasteiger partial charge in [-0.05, 0) is 37.4 Å². The average Bonchev–Trinajstić information content (AvgIpc) is 3.13. The van der Waals surface area contributed by atoms with Gasteiger partial charge in [-0.15, -0.1) is 0 Å². The van der Waals surface area contributed by atoms with Crippen LogP contribution in [-0.4, -0.2) is 46.9 Å². The second-order valence-corrected chi connectivity index (χ2v) is 8.29. The van der Waals surface area contributed by atoms with Crippen LogP contribution in [0.25, 0.3) is 10.2 Å². The maximum Gasteiger partial charge on any atom is 0.282 e. The van der Waals surface area contributed by atoms with Gasteiger partial charge < -0.3 is 4.90 Å². The zero-order valence-electron chi connectivity index (χ0n) is 16.2. The van der Waals surface area contributed by atoms with Gasteiger partial charge in [-0.25, -0.2) is 4.98 Å². The van der Waals surface area contributed by atoms with E-state index in [4.69, 9.17) is 0 Å². The number of halogens is 1. The van der Waals surface area contributed by atoms with Crippen molar-refractivity contribution < 1.29 is 9.72 Å². The summed E-state index contributed by atoms with van der Waals surface area (Å²) in [6.45, 7) is 6.89. The monoisotopic (exact) mass is 476 g/mol. The fourth-order valence-electron chi connectivity index (χ4n) is 3.03. The van der Waals surface area contributed by atoms with Crippen molar-refractivity contribution in [2.45, 2.75) is 13.8 Å². The van der Waals surface area contributed by atoms with Crippen LogP contribution in [0.5, 0.6) is 0 Å². The van der Waals surface area contributed by atoms with Crippen molar-refractivity contribution in [1.82, 2.24) is 9.88 Å². The summed E-state index contributed by atoms with van der Waals surface area (Å²) in [6, 6.07) is 11.8. The first-order chi connectivity index (χ1) is 13.9. The molecule has 0 N–H and O–H groups in total. The van der Waals surface area contributed by atoms with Gasteiger partial charge in [0, 0.05) is 23.6 Å². The molecule has 1 amide bonds. The topological polar surface area (TPSA) is 79.6 Å². The van der Waals surface area contributed by atoms with Crippen LogP contribution in [0.4, 0.5) is 10.8 Å². The van der Waals surface area contributed by atoms with Crippen LogP contribution in [0.2, 0.25) is 0 Å². The van der Waals surface area contributed by atoms with Gasteiger partial charge >= 0.3 is 0 Å². The molecule has 3 aromatic rings. The summed E-state index contributed by atoms with van der Waals surface area (Å²) >= 11 is 4.85. The number of rotatable bonds is 8. The lowest BCUT2D eigenvalue weighted by Crippen LogP contribution is -2.39. The molecule has 0 saturated carbocycles. The Morgan fingerprint density at radius 1 is 1.17 bits per heavy atom. The van der Waals surface area contributed by atoms with Gasteiger partial charge in [0.05, 0.1) is 15.1 Å². The van der Waals surface area contributed by atoms with E-state index in [0.29, 0.717) is 18.2 Å².